The monoisotopic (exact) mass is 380 g/mol. The zero-order chi connectivity index (χ0) is 17.0. The zero-order valence-corrected chi connectivity index (χ0v) is 14.8. The summed E-state index contributed by atoms with van der Waals surface area (Å²) < 4.78 is 32.3. The first kappa shape index (κ1) is 18.5. The normalized spacial score (nSPS) is 19.5. The van der Waals surface area contributed by atoms with Crippen LogP contribution in [0.5, 0.6) is 0 Å². The fourth-order valence-electron chi connectivity index (χ4n) is 2.21. The molecule has 128 valence electrons. The number of hydrogen-bond acceptors (Lipinski definition) is 4. The van der Waals surface area contributed by atoms with Gasteiger partial charge in [0.25, 0.3) is 0 Å². The number of benzene rings is 1. The van der Waals surface area contributed by atoms with Crippen LogP contribution in [0.3, 0.4) is 0 Å². The highest BCUT2D eigenvalue weighted by Crippen LogP contribution is 2.25. The SMILES string of the molecule is C[C@H](NS(=O)(=O)c1cc(Cl)ccc1Cl)C(=O)NC[C@H]1CCCO1. The van der Waals surface area contributed by atoms with Crippen LogP contribution in [0.25, 0.3) is 0 Å². The Balaban J connectivity index is 1.98. The van der Waals surface area contributed by atoms with Gasteiger partial charge in [0.1, 0.15) is 4.90 Å². The third-order valence-corrected chi connectivity index (χ3v) is 5.69. The predicted molar refractivity (Wildman–Crippen MR) is 88.2 cm³/mol. The summed E-state index contributed by atoms with van der Waals surface area (Å²) in [6.07, 6.45) is 1.85. The summed E-state index contributed by atoms with van der Waals surface area (Å²) in [5.74, 6) is -0.428. The average molecular weight is 381 g/mol. The lowest BCUT2D eigenvalue weighted by Crippen LogP contribution is -2.46. The van der Waals surface area contributed by atoms with Gasteiger partial charge in [0.2, 0.25) is 15.9 Å². The number of halogens is 2. The third kappa shape index (κ3) is 5.06. The number of ether oxygens (including phenoxy) is 1. The van der Waals surface area contributed by atoms with Crippen LogP contribution in [0.2, 0.25) is 10.0 Å². The van der Waals surface area contributed by atoms with Gasteiger partial charge < -0.3 is 10.1 Å². The van der Waals surface area contributed by atoms with E-state index < -0.39 is 22.0 Å². The minimum Gasteiger partial charge on any atom is -0.376 e. The van der Waals surface area contributed by atoms with Gasteiger partial charge in [-0.05, 0) is 38.0 Å². The molecule has 0 bridgehead atoms. The lowest BCUT2D eigenvalue weighted by molar-refractivity contribution is -0.122. The topological polar surface area (TPSA) is 84.5 Å². The Hall–Kier alpha value is -0.860. The molecule has 1 aliphatic rings. The van der Waals surface area contributed by atoms with Gasteiger partial charge in [-0.25, -0.2) is 8.42 Å². The zero-order valence-electron chi connectivity index (χ0n) is 12.5. The lowest BCUT2D eigenvalue weighted by Gasteiger charge is -2.17. The van der Waals surface area contributed by atoms with E-state index in [2.05, 4.69) is 10.0 Å². The third-order valence-electron chi connectivity index (χ3n) is 3.44. The summed E-state index contributed by atoms with van der Waals surface area (Å²) in [6.45, 7) is 2.51. The standard InChI is InChI=1S/C14H18Cl2N2O4S/c1-9(14(19)17-8-11-3-2-6-22-11)18-23(20,21)13-7-10(15)4-5-12(13)16/h4-5,7,9,11,18H,2-3,6,8H2,1H3,(H,17,19)/t9-,11+/m0/s1. The quantitative estimate of drug-likeness (QED) is 0.789. The smallest absolute Gasteiger partial charge is 0.242 e. The van der Waals surface area contributed by atoms with E-state index in [0.717, 1.165) is 12.8 Å². The van der Waals surface area contributed by atoms with Gasteiger partial charge in [0.15, 0.2) is 0 Å². The summed E-state index contributed by atoms with van der Waals surface area (Å²) >= 11 is 11.7. The van der Waals surface area contributed by atoms with E-state index in [1.807, 2.05) is 0 Å². The first-order chi connectivity index (χ1) is 10.8. The summed E-state index contributed by atoms with van der Waals surface area (Å²) in [4.78, 5) is 11.8. The first-order valence-corrected chi connectivity index (χ1v) is 9.40. The van der Waals surface area contributed by atoms with Crippen LogP contribution < -0.4 is 10.0 Å². The molecule has 2 rings (SSSR count). The number of carbonyl (C=O) groups is 1. The van der Waals surface area contributed by atoms with Gasteiger partial charge in [0, 0.05) is 18.2 Å². The molecule has 0 radical (unpaired) electrons. The van der Waals surface area contributed by atoms with Crippen molar-refractivity contribution in [1.29, 1.82) is 0 Å². The van der Waals surface area contributed by atoms with Crippen molar-refractivity contribution in [2.75, 3.05) is 13.2 Å². The van der Waals surface area contributed by atoms with Crippen LogP contribution in [0.1, 0.15) is 19.8 Å². The van der Waals surface area contributed by atoms with Crippen molar-refractivity contribution in [3.63, 3.8) is 0 Å². The highest BCUT2D eigenvalue weighted by atomic mass is 35.5. The molecule has 6 nitrogen and oxygen atoms in total. The molecule has 1 aromatic rings. The maximum atomic E-state index is 12.3. The number of sulfonamides is 1. The Morgan fingerprint density at radius 3 is 2.83 bits per heavy atom. The van der Waals surface area contributed by atoms with Gasteiger partial charge in [0.05, 0.1) is 17.2 Å². The van der Waals surface area contributed by atoms with Gasteiger partial charge in [-0.1, -0.05) is 23.2 Å². The summed E-state index contributed by atoms with van der Waals surface area (Å²) in [6, 6.07) is 3.17. The van der Waals surface area contributed by atoms with Crippen LogP contribution in [0.4, 0.5) is 0 Å². The molecule has 0 unspecified atom stereocenters. The molecule has 2 N–H and O–H groups in total. The minimum absolute atomic E-state index is 0.00914. The number of carbonyl (C=O) groups excluding carboxylic acids is 1. The van der Waals surface area contributed by atoms with E-state index in [-0.39, 0.29) is 21.0 Å². The molecule has 1 heterocycles. The number of nitrogens with one attached hydrogen (secondary N) is 2. The van der Waals surface area contributed by atoms with E-state index in [1.54, 1.807) is 0 Å². The van der Waals surface area contributed by atoms with Gasteiger partial charge in [-0.2, -0.15) is 4.72 Å². The number of rotatable bonds is 6. The van der Waals surface area contributed by atoms with Crippen molar-refractivity contribution in [1.82, 2.24) is 10.0 Å². The molecule has 1 fully saturated rings. The van der Waals surface area contributed by atoms with Crippen LogP contribution in [-0.4, -0.2) is 39.6 Å². The molecule has 1 amide bonds. The van der Waals surface area contributed by atoms with E-state index in [9.17, 15) is 13.2 Å². The molecule has 9 heteroatoms. The number of hydrogen-bond donors (Lipinski definition) is 2. The van der Waals surface area contributed by atoms with Crippen LogP contribution >= 0.6 is 23.2 Å². The fourth-order valence-corrected chi connectivity index (χ4v) is 4.17. The van der Waals surface area contributed by atoms with E-state index in [1.165, 1.54) is 25.1 Å². The molecule has 0 spiro atoms. The summed E-state index contributed by atoms with van der Waals surface area (Å²) in [7, 11) is -3.95. The van der Waals surface area contributed by atoms with Crippen molar-refractivity contribution >= 4 is 39.1 Å². The summed E-state index contributed by atoms with van der Waals surface area (Å²) in [5.41, 5.74) is 0. The molecule has 1 aliphatic heterocycles. The van der Waals surface area contributed by atoms with Crippen molar-refractivity contribution in [2.24, 2.45) is 0 Å². The van der Waals surface area contributed by atoms with Crippen molar-refractivity contribution in [3.05, 3.63) is 28.2 Å². The molecule has 2 atom stereocenters. The molecule has 1 saturated heterocycles. The predicted octanol–water partition coefficient (Wildman–Crippen LogP) is 1.96. The van der Waals surface area contributed by atoms with Crippen molar-refractivity contribution in [2.45, 2.75) is 36.8 Å². The van der Waals surface area contributed by atoms with Crippen molar-refractivity contribution in [3.8, 4) is 0 Å². The Bertz CT molecular complexity index is 675. The molecule has 23 heavy (non-hydrogen) atoms. The second-order valence-corrected chi connectivity index (χ2v) is 7.82. The second kappa shape index (κ2) is 7.81. The first-order valence-electron chi connectivity index (χ1n) is 7.16. The van der Waals surface area contributed by atoms with Gasteiger partial charge in [-0.15, -0.1) is 0 Å². The Labute approximate surface area is 145 Å². The highest BCUT2D eigenvalue weighted by Gasteiger charge is 2.25. The van der Waals surface area contributed by atoms with Crippen molar-refractivity contribution < 1.29 is 17.9 Å². The van der Waals surface area contributed by atoms with Gasteiger partial charge in [-0.3, -0.25) is 4.79 Å². The average Bonchev–Trinajstić information content (AvgIpc) is 3.00. The Kier molecular flexibility index (Phi) is 6.27. The molecule has 0 aliphatic carbocycles. The molecular weight excluding hydrogens is 363 g/mol. The van der Waals surface area contributed by atoms with Crippen LogP contribution in [0.15, 0.2) is 23.1 Å². The maximum absolute atomic E-state index is 12.3. The largest absolute Gasteiger partial charge is 0.376 e. The highest BCUT2D eigenvalue weighted by molar-refractivity contribution is 7.89. The van der Waals surface area contributed by atoms with E-state index >= 15 is 0 Å². The van der Waals surface area contributed by atoms with Crippen LogP contribution in [-0.2, 0) is 19.6 Å². The van der Waals surface area contributed by atoms with E-state index in [0.29, 0.717) is 13.2 Å². The maximum Gasteiger partial charge on any atom is 0.242 e. The Morgan fingerprint density at radius 2 is 2.17 bits per heavy atom. The van der Waals surface area contributed by atoms with Gasteiger partial charge >= 0.3 is 0 Å². The summed E-state index contributed by atoms with van der Waals surface area (Å²) in [5, 5.41) is 2.95. The van der Waals surface area contributed by atoms with E-state index in [4.69, 9.17) is 27.9 Å². The lowest BCUT2D eigenvalue weighted by atomic mass is 10.2. The minimum atomic E-state index is -3.95. The second-order valence-electron chi connectivity index (χ2n) is 5.30. The molecule has 0 aromatic heterocycles. The number of amides is 1. The van der Waals surface area contributed by atoms with Crippen LogP contribution in [0, 0.1) is 0 Å². The fraction of sp³-hybridized carbons (Fsp3) is 0.500. The Morgan fingerprint density at radius 1 is 1.43 bits per heavy atom. The molecular formula is C14H18Cl2N2O4S. The molecule has 0 saturated carbocycles. The molecule has 1 aromatic carbocycles.